The molecule has 2 heterocycles. The Labute approximate surface area is 169 Å². The highest BCUT2D eigenvalue weighted by molar-refractivity contribution is 5.90. The number of methoxy groups -OCH3 is 1. The van der Waals surface area contributed by atoms with Gasteiger partial charge in [0.2, 0.25) is 0 Å². The van der Waals surface area contributed by atoms with Crippen molar-refractivity contribution in [2.24, 2.45) is 0 Å². The normalized spacial score (nSPS) is 11.1. The topological polar surface area (TPSA) is 53.4 Å². The van der Waals surface area contributed by atoms with Crippen molar-refractivity contribution in [1.82, 2.24) is 9.55 Å². The van der Waals surface area contributed by atoms with E-state index in [9.17, 15) is 4.79 Å². The summed E-state index contributed by atoms with van der Waals surface area (Å²) in [5, 5.41) is 2.13. The zero-order valence-electron chi connectivity index (χ0n) is 16.9. The van der Waals surface area contributed by atoms with E-state index in [1.807, 2.05) is 50.2 Å². The molecule has 5 nitrogen and oxygen atoms in total. The summed E-state index contributed by atoms with van der Waals surface area (Å²) >= 11 is 0. The molecular weight excluding hydrogens is 364 g/mol. The predicted octanol–water partition coefficient (Wildman–Crippen LogP) is 4.66. The highest BCUT2D eigenvalue weighted by Crippen LogP contribution is 2.31. The van der Waals surface area contributed by atoms with Gasteiger partial charge in [-0.05, 0) is 49.7 Å². The van der Waals surface area contributed by atoms with Crippen LogP contribution in [0.2, 0.25) is 0 Å². The molecule has 0 unspecified atom stereocenters. The largest absolute Gasteiger partial charge is 0.497 e. The number of esters is 1. The van der Waals surface area contributed by atoms with Gasteiger partial charge in [-0.15, -0.1) is 0 Å². The maximum absolute atomic E-state index is 12.2. The van der Waals surface area contributed by atoms with Crippen molar-refractivity contribution >= 4 is 27.8 Å². The average Bonchev–Trinajstić information content (AvgIpc) is 2.99. The fraction of sp³-hybridized carbons (Fsp3) is 0.250. The van der Waals surface area contributed by atoms with E-state index in [-0.39, 0.29) is 12.4 Å². The Morgan fingerprint density at radius 1 is 1.10 bits per heavy atom. The molecule has 0 radical (unpaired) electrons. The van der Waals surface area contributed by atoms with Gasteiger partial charge in [0.15, 0.2) is 0 Å². The van der Waals surface area contributed by atoms with Crippen molar-refractivity contribution in [3.05, 3.63) is 71.5 Å². The summed E-state index contributed by atoms with van der Waals surface area (Å²) in [5.74, 6) is 0.546. The van der Waals surface area contributed by atoms with Gasteiger partial charge in [0.25, 0.3) is 0 Å². The van der Waals surface area contributed by atoms with Gasteiger partial charge in [-0.1, -0.05) is 24.3 Å². The first-order valence-electron chi connectivity index (χ1n) is 9.76. The van der Waals surface area contributed by atoms with Crippen molar-refractivity contribution in [2.75, 3.05) is 13.7 Å². The third kappa shape index (κ3) is 3.68. The first kappa shape index (κ1) is 19.0. The quantitative estimate of drug-likeness (QED) is 0.451. The number of pyridine rings is 1. The molecule has 148 valence electrons. The second kappa shape index (κ2) is 7.95. The van der Waals surface area contributed by atoms with Gasteiger partial charge in [0.05, 0.1) is 37.9 Å². The molecule has 29 heavy (non-hydrogen) atoms. The smallest absolute Gasteiger partial charge is 0.310 e. The second-order valence-electron chi connectivity index (χ2n) is 7.01. The minimum Gasteiger partial charge on any atom is -0.497 e. The van der Waals surface area contributed by atoms with Crippen LogP contribution in [0.5, 0.6) is 5.75 Å². The van der Waals surface area contributed by atoms with Crippen LogP contribution in [0.25, 0.3) is 21.8 Å². The number of fused-ring (bicyclic) bond motifs is 2. The van der Waals surface area contributed by atoms with Gasteiger partial charge >= 0.3 is 5.97 Å². The number of rotatable bonds is 6. The van der Waals surface area contributed by atoms with E-state index in [0.717, 1.165) is 44.5 Å². The SMILES string of the molecule is CCOC(=O)Cc1c(C)n(Cc2ccc3ccccc3n2)c2ccc(OC)cc12. The number of hydrogen-bond donors (Lipinski definition) is 0. The molecule has 4 aromatic rings. The van der Waals surface area contributed by atoms with E-state index in [2.05, 4.69) is 22.8 Å². The first-order valence-corrected chi connectivity index (χ1v) is 9.76. The Kier molecular flexibility index (Phi) is 5.21. The zero-order chi connectivity index (χ0) is 20.4. The molecule has 0 spiro atoms. The highest BCUT2D eigenvalue weighted by Gasteiger charge is 2.18. The summed E-state index contributed by atoms with van der Waals surface area (Å²) in [7, 11) is 1.65. The van der Waals surface area contributed by atoms with Crippen molar-refractivity contribution in [2.45, 2.75) is 26.8 Å². The Balaban J connectivity index is 1.80. The molecule has 0 atom stereocenters. The molecule has 0 aliphatic heterocycles. The van der Waals surface area contributed by atoms with Gasteiger partial charge in [-0.3, -0.25) is 9.78 Å². The molecule has 0 aliphatic carbocycles. The van der Waals surface area contributed by atoms with Crippen molar-refractivity contribution in [3.8, 4) is 5.75 Å². The van der Waals surface area contributed by atoms with Crippen LogP contribution in [0.1, 0.15) is 23.9 Å². The van der Waals surface area contributed by atoms with E-state index in [0.29, 0.717) is 13.2 Å². The van der Waals surface area contributed by atoms with Gasteiger partial charge in [-0.2, -0.15) is 0 Å². The van der Waals surface area contributed by atoms with E-state index in [1.165, 1.54) is 0 Å². The number of ether oxygens (including phenoxy) is 2. The molecule has 0 amide bonds. The number of carbonyl (C=O) groups is 1. The minimum absolute atomic E-state index is 0.221. The zero-order valence-corrected chi connectivity index (χ0v) is 16.9. The maximum atomic E-state index is 12.2. The van der Waals surface area contributed by atoms with Crippen molar-refractivity contribution < 1.29 is 14.3 Å². The average molecular weight is 388 g/mol. The minimum atomic E-state index is -0.221. The monoisotopic (exact) mass is 388 g/mol. The lowest BCUT2D eigenvalue weighted by Crippen LogP contribution is -2.09. The van der Waals surface area contributed by atoms with Crippen molar-refractivity contribution in [1.29, 1.82) is 0 Å². The third-order valence-corrected chi connectivity index (χ3v) is 5.26. The third-order valence-electron chi connectivity index (χ3n) is 5.26. The van der Waals surface area contributed by atoms with E-state index in [4.69, 9.17) is 14.5 Å². The fourth-order valence-electron chi connectivity index (χ4n) is 3.80. The first-order chi connectivity index (χ1) is 14.1. The summed E-state index contributed by atoms with van der Waals surface area (Å²) in [6, 6.07) is 18.2. The summed E-state index contributed by atoms with van der Waals surface area (Å²) in [4.78, 5) is 17.0. The Hall–Kier alpha value is -3.34. The number of nitrogens with zero attached hydrogens (tertiary/aromatic N) is 2. The maximum Gasteiger partial charge on any atom is 0.310 e. The number of para-hydroxylation sites is 1. The predicted molar refractivity (Wildman–Crippen MR) is 114 cm³/mol. The summed E-state index contributed by atoms with van der Waals surface area (Å²) < 4.78 is 12.8. The lowest BCUT2D eigenvalue weighted by molar-refractivity contribution is -0.142. The molecule has 2 aromatic heterocycles. The van der Waals surface area contributed by atoms with Crippen LogP contribution in [0.3, 0.4) is 0 Å². The molecule has 0 saturated carbocycles. The highest BCUT2D eigenvalue weighted by atomic mass is 16.5. The lowest BCUT2D eigenvalue weighted by atomic mass is 10.1. The van der Waals surface area contributed by atoms with Gasteiger partial charge < -0.3 is 14.0 Å². The molecule has 0 bridgehead atoms. The molecule has 0 saturated heterocycles. The van der Waals surface area contributed by atoms with E-state index >= 15 is 0 Å². The fourth-order valence-corrected chi connectivity index (χ4v) is 3.80. The van der Waals surface area contributed by atoms with Crippen LogP contribution in [0.15, 0.2) is 54.6 Å². The molecule has 2 aromatic carbocycles. The Bertz CT molecular complexity index is 1190. The van der Waals surface area contributed by atoms with Gasteiger partial charge in [0, 0.05) is 22.0 Å². The molecular formula is C24H24N2O3. The number of carbonyl (C=O) groups excluding carboxylic acids is 1. The molecule has 0 aliphatic rings. The number of aromatic nitrogens is 2. The van der Waals surface area contributed by atoms with Crippen LogP contribution in [0.4, 0.5) is 0 Å². The van der Waals surface area contributed by atoms with Crippen LogP contribution in [0, 0.1) is 6.92 Å². The van der Waals surface area contributed by atoms with Crippen LogP contribution >= 0.6 is 0 Å². The summed E-state index contributed by atoms with van der Waals surface area (Å²) in [6.45, 7) is 4.87. The molecule has 4 rings (SSSR count). The summed E-state index contributed by atoms with van der Waals surface area (Å²) in [6.07, 6.45) is 0.238. The number of hydrogen-bond acceptors (Lipinski definition) is 4. The lowest BCUT2D eigenvalue weighted by Gasteiger charge is -2.10. The molecule has 0 fully saturated rings. The van der Waals surface area contributed by atoms with Gasteiger partial charge in [-0.25, -0.2) is 0 Å². The molecule has 0 N–H and O–H groups in total. The standard InChI is InChI=1S/C24H24N2O3/c1-4-29-24(27)14-20-16(2)26(23-12-11-19(28-3)13-21(20)23)15-18-10-9-17-7-5-6-8-22(17)25-18/h5-13H,4,14-15H2,1-3H3. The van der Waals surface area contributed by atoms with E-state index in [1.54, 1.807) is 7.11 Å². The van der Waals surface area contributed by atoms with Gasteiger partial charge in [0.1, 0.15) is 5.75 Å². The molecule has 5 heteroatoms. The summed E-state index contributed by atoms with van der Waals surface area (Å²) in [5.41, 5.74) is 5.02. The van der Waals surface area contributed by atoms with Crippen LogP contribution in [-0.2, 0) is 22.5 Å². The number of benzene rings is 2. The Morgan fingerprint density at radius 2 is 1.93 bits per heavy atom. The second-order valence-corrected chi connectivity index (χ2v) is 7.01. The Morgan fingerprint density at radius 3 is 2.72 bits per heavy atom. The van der Waals surface area contributed by atoms with Crippen molar-refractivity contribution in [3.63, 3.8) is 0 Å². The van der Waals surface area contributed by atoms with E-state index < -0.39 is 0 Å². The van der Waals surface area contributed by atoms with Crippen LogP contribution in [-0.4, -0.2) is 29.2 Å². The van der Waals surface area contributed by atoms with Crippen LogP contribution < -0.4 is 4.74 Å².